The zero-order valence-corrected chi connectivity index (χ0v) is 11.6. The minimum absolute atomic E-state index is 0.575. The molecule has 1 rings (SSSR count). The molecule has 1 aliphatic carbocycles. The summed E-state index contributed by atoms with van der Waals surface area (Å²) < 4.78 is 0. The van der Waals surface area contributed by atoms with Crippen molar-refractivity contribution in [3.8, 4) is 0 Å². The van der Waals surface area contributed by atoms with Gasteiger partial charge in [0.1, 0.15) is 0 Å². The van der Waals surface area contributed by atoms with E-state index >= 15 is 0 Å². The molecule has 1 nitrogen and oxygen atoms in total. The van der Waals surface area contributed by atoms with Crippen molar-refractivity contribution >= 4 is 0 Å². The average Bonchev–Trinajstić information content (AvgIpc) is 2.31. The van der Waals surface area contributed by atoms with Crippen LogP contribution in [0.15, 0.2) is 12.2 Å². The van der Waals surface area contributed by atoms with Crippen molar-refractivity contribution in [2.75, 3.05) is 0 Å². The van der Waals surface area contributed by atoms with Gasteiger partial charge in [0.15, 0.2) is 0 Å². The molecule has 0 aliphatic heterocycles. The summed E-state index contributed by atoms with van der Waals surface area (Å²) in [6.07, 6.45) is 15.0. The summed E-state index contributed by atoms with van der Waals surface area (Å²) in [4.78, 5) is 0. The fourth-order valence-electron chi connectivity index (χ4n) is 2.80. The highest BCUT2D eigenvalue weighted by Gasteiger charge is 2.26. The molecule has 17 heavy (non-hydrogen) atoms. The zero-order chi connectivity index (χ0) is 12.6. The highest BCUT2D eigenvalue weighted by atomic mass is 16.3. The maximum absolute atomic E-state index is 10.6. The molecule has 0 aromatic rings. The van der Waals surface area contributed by atoms with E-state index in [9.17, 15) is 5.11 Å². The third kappa shape index (κ3) is 5.72. The van der Waals surface area contributed by atoms with Crippen molar-refractivity contribution in [3.63, 3.8) is 0 Å². The Kier molecular flexibility index (Phi) is 6.87. The van der Waals surface area contributed by atoms with Crippen LogP contribution in [0.4, 0.5) is 0 Å². The van der Waals surface area contributed by atoms with E-state index in [0.29, 0.717) is 0 Å². The molecule has 1 N–H and O–H groups in total. The summed E-state index contributed by atoms with van der Waals surface area (Å²) in [6.45, 7) is 5.97. The van der Waals surface area contributed by atoms with Gasteiger partial charge in [0.2, 0.25) is 0 Å². The second-order valence-corrected chi connectivity index (χ2v) is 5.85. The molecule has 0 aromatic heterocycles. The summed E-state index contributed by atoms with van der Waals surface area (Å²) in [5.74, 6) is 0. The van der Waals surface area contributed by atoms with E-state index in [-0.39, 0.29) is 0 Å². The third-order valence-corrected chi connectivity index (χ3v) is 4.23. The minimum atomic E-state index is -0.575. The lowest BCUT2D eigenvalue weighted by molar-refractivity contribution is 0.0548. The molecule has 0 aromatic carbocycles. The molecule has 0 saturated heterocycles. The largest absolute Gasteiger partial charge is 0.386 e. The smallest absolute Gasteiger partial charge is 0.0851 e. The first-order valence-electron chi connectivity index (χ1n) is 7.53. The predicted octanol–water partition coefficient (Wildman–Crippen LogP) is 4.99. The van der Waals surface area contributed by atoms with Crippen molar-refractivity contribution < 1.29 is 5.11 Å². The van der Waals surface area contributed by atoms with E-state index in [0.717, 1.165) is 31.3 Å². The fourth-order valence-corrected chi connectivity index (χ4v) is 2.80. The van der Waals surface area contributed by atoms with Crippen molar-refractivity contribution in [2.45, 2.75) is 89.6 Å². The Morgan fingerprint density at radius 3 is 1.35 bits per heavy atom. The monoisotopic (exact) mass is 238 g/mol. The molecule has 100 valence electrons. The molecule has 1 fully saturated rings. The number of rotatable bonds is 1. The van der Waals surface area contributed by atoms with E-state index in [1.54, 1.807) is 0 Å². The number of hydrogen-bond acceptors (Lipinski definition) is 1. The average molecular weight is 238 g/mol. The van der Waals surface area contributed by atoms with E-state index in [4.69, 9.17) is 0 Å². The molecule has 0 amide bonds. The van der Waals surface area contributed by atoms with Gasteiger partial charge in [-0.1, -0.05) is 70.8 Å². The summed E-state index contributed by atoms with van der Waals surface area (Å²) in [7, 11) is 0. The Morgan fingerprint density at radius 1 is 0.765 bits per heavy atom. The first-order valence-corrected chi connectivity index (χ1v) is 7.53. The predicted molar refractivity (Wildman–Crippen MR) is 75.2 cm³/mol. The molecular formula is C16H30O. The van der Waals surface area contributed by atoms with Gasteiger partial charge in [-0.05, 0) is 25.3 Å². The molecule has 0 unspecified atom stereocenters. The van der Waals surface area contributed by atoms with Crippen LogP contribution in [0.2, 0.25) is 0 Å². The van der Waals surface area contributed by atoms with Crippen LogP contribution in [-0.2, 0) is 0 Å². The Morgan fingerprint density at radius 2 is 1.06 bits per heavy atom. The molecular weight excluding hydrogens is 208 g/mol. The SMILES string of the molecule is C=C(C)C1(O)CCCCCCCCCCCC1. The highest BCUT2D eigenvalue weighted by molar-refractivity contribution is 5.08. The molecule has 0 bridgehead atoms. The van der Waals surface area contributed by atoms with Crippen molar-refractivity contribution in [2.24, 2.45) is 0 Å². The fraction of sp³-hybridized carbons (Fsp3) is 0.875. The first-order chi connectivity index (χ1) is 8.15. The van der Waals surface area contributed by atoms with E-state index in [1.165, 1.54) is 51.4 Å². The van der Waals surface area contributed by atoms with E-state index in [1.807, 2.05) is 6.92 Å². The summed E-state index contributed by atoms with van der Waals surface area (Å²) in [6, 6.07) is 0. The van der Waals surface area contributed by atoms with Gasteiger partial charge in [0, 0.05) is 0 Å². The lowest BCUT2D eigenvalue weighted by Crippen LogP contribution is -2.29. The lowest BCUT2D eigenvalue weighted by Gasteiger charge is -2.29. The summed E-state index contributed by atoms with van der Waals surface area (Å²) in [5.41, 5.74) is 0.390. The minimum Gasteiger partial charge on any atom is -0.386 e. The topological polar surface area (TPSA) is 20.2 Å². The second-order valence-electron chi connectivity index (χ2n) is 5.85. The van der Waals surface area contributed by atoms with Crippen molar-refractivity contribution in [1.82, 2.24) is 0 Å². The summed E-state index contributed by atoms with van der Waals surface area (Å²) in [5, 5.41) is 10.6. The van der Waals surface area contributed by atoms with Gasteiger partial charge in [-0.3, -0.25) is 0 Å². The molecule has 0 atom stereocenters. The van der Waals surface area contributed by atoms with Crippen LogP contribution in [0.5, 0.6) is 0 Å². The summed E-state index contributed by atoms with van der Waals surface area (Å²) >= 11 is 0. The van der Waals surface area contributed by atoms with Crippen LogP contribution in [0.25, 0.3) is 0 Å². The van der Waals surface area contributed by atoms with Crippen LogP contribution in [0.1, 0.15) is 84.0 Å². The maximum Gasteiger partial charge on any atom is 0.0851 e. The van der Waals surface area contributed by atoms with Gasteiger partial charge in [-0.2, -0.15) is 0 Å². The van der Waals surface area contributed by atoms with Gasteiger partial charge < -0.3 is 5.11 Å². The van der Waals surface area contributed by atoms with Gasteiger partial charge >= 0.3 is 0 Å². The highest BCUT2D eigenvalue weighted by Crippen LogP contribution is 2.29. The number of hydrogen-bond donors (Lipinski definition) is 1. The Balaban J connectivity index is 2.44. The second kappa shape index (κ2) is 7.92. The van der Waals surface area contributed by atoms with Crippen LogP contribution in [-0.4, -0.2) is 10.7 Å². The van der Waals surface area contributed by atoms with E-state index in [2.05, 4.69) is 6.58 Å². The molecule has 1 saturated carbocycles. The van der Waals surface area contributed by atoms with Crippen molar-refractivity contribution in [1.29, 1.82) is 0 Å². The van der Waals surface area contributed by atoms with Crippen molar-refractivity contribution in [3.05, 3.63) is 12.2 Å². The Labute approximate surface area is 107 Å². The van der Waals surface area contributed by atoms with Crippen LogP contribution < -0.4 is 0 Å². The van der Waals surface area contributed by atoms with Gasteiger partial charge in [-0.15, -0.1) is 0 Å². The van der Waals surface area contributed by atoms with Crippen LogP contribution in [0.3, 0.4) is 0 Å². The Hall–Kier alpha value is -0.300. The molecule has 0 radical (unpaired) electrons. The first kappa shape index (κ1) is 14.8. The number of aliphatic hydroxyl groups is 1. The Bertz CT molecular complexity index is 206. The van der Waals surface area contributed by atoms with Crippen LogP contribution in [0, 0.1) is 0 Å². The van der Waals surface area contributed by atoms with Gasteiger partial charge in [0.05, 0.1) is 5.60 Å². The lowest BCUT2D eigenvalue weighted by atomic mass is 9.85. The normalized spacial score (nSPS) is 24.1. The molecule has 1 heteroatoms. The maximum atomic E-state index is 10.6. The standard InChI is InChI=1S/C16H30O/c1-15(2)16(17)13-11-9-7-5-3-4-6-8-10-12-14-16/h17H,1,3-14H2,2H3. The van der Waals surface area contributed by atoms with Gasteiger partial charge in [-0.25, -0.2) is 0 Å². The molecule has 0 heterocycles. The zero-order valence-electron chi connectivity index (χ0n) is 11.6. The molecule has 0 spiro atoms. The van der Waals surface area contributed by atoms with E-state index < -0.39 is 5.60 Å². The quantitative estimate of drug-likeness (QED) is 0.638. The van der Waals surface area contributed by atoms with Gasteiger partial charge in [0.25, 0.3) is 0 Å². The third-order valence-electron chi connectivity index (χ3n) is 4.23. The van der Waals surface area contributed by atoms with Crippen LogP contribution >= 0.6 is 0 Å². The molecule has 1 aliphatic rings.